The third kappa shape index (κ3) is 1.66. The molecule has 0 saturated heterocycles. The molecule has 0 bridgehead atoms. The number of halogens is 1. The number of rotatable bonds is 2. The number of hydrogen-bond donors (Lipinski definition) is 1. The van der Waals surface area contributed by atoms with Crippen LogP contribution >= 0.6 is 15.9 Å². The summed E-state index contributed by atoms with van der Waals surface area (Å²) < 4.78 is 0.943. The first-order valence-corrected chi connectivity index (χ1v) is 6.26. The Hall–Kier alpha value is -1.94. The number of carbonyl (C=O) groups excluding carboxylic acids is 1. The van der Waals surface area contributed by atoms with Crippen LogP contribution in [0, 0.1) is 0 Å². The van der Waals surface area contributed by atoms with E-state index in [1.807, 2.05) is 30.3 Å². The molecule has 0 aliphatic heterocycles. The molecule has 0 fully saturated rings. The summed E-state index contributed by atoms with van der Waals surface area (Å²) in [4.78, 5) is 18.7. The van der Waals surface area contributed by atoms with Gasteiger partial charge in [-0.15, -0.1) is 0 Å². The highest BCUT2D eigenvalue weighted by atomic mass is 79.9. The SMILES string of the molecule is O=Cc1c(-c2cccnc2)[nH]c2c(Br)cccc12. The molecule has 0 amide bonds. The summed E-state index contributed by atoms with van der Waals surface area (Å²) in [6, 6.07) is 9.57. The minimum absolute atomic E-state index is 0.666. The lowest BCUT2D eigenvalue weighted by Gasteiger charge is -1.97. The van der Waals surface area contributed by atoms with Crippen molar-refractivity contribution in [2.75, 3.05) is 0 Å². The molecule has 18 heavy (non-hydrogen) atoms. The normalized spacial score (nSPS) is 10.7. The number of para-hydroxylation sites is 1. The number of fused-ring (bicyclic) bond motifs is 1. The Balaban J connectivity index is 2.37. The monoisotopic (exact) mass is 300 g/mol. The van der Waals surface area contributed by atoms with Crippen molar-refractivity contribution in [2.45, 2.75) is 0 Å². The van der Waals surface area contributed by atoms with Crippen molar-refractivity contribution in [3.63, 3.8) is 0 Å². The first-order chi connectivity index (χ1) is 8.81. The topological polar surface area (TPSA) is 45.8 Å². The zero-order valence-corrected chi connectivity index (χ0v) is 10.9. The van der Waals surface area contributed by atoms with E-state index in [4.69, 9.17) is 0 Å². The van der Waals surface area contributed by atoms with Crippen molar-refractivity contribution >= 4 is 33.1 Å². The summed E-state index contributed by atoms with van der Waals surface area (Å²) in [7, 11) is 0. The van der Waals surface area contributed by atoms with E-state index < -0.39 is 0 Å². The van der Waals surface area contributed by atoms with Crippen molar-refractivity contribution in [1.82, 2.24) is 9.97 Å². The fourth-order valence-electron chi connectivity index (χ4n) is 2.06. The number of nitrogens with one attached hydrogen (secondary N) is 1. The van der Waals surface area contributed by atoms with Gasteiger partial charge in [0.25, 0.3) is 0 Å². The van der Waals surface area contributed by atoms with E-state index in [2.05, 4.69) is 25.9 Å². The Labute approximate surface area is 112 Å². The molecule has 3 aromatic rings. The van der Waals surface area contributed by atoms with E-state index >= 15 is 0 Å². The lowest BCUT2D eigenvalue weighted by molar-refractivity contribution is 0.112. The molecule has 1 N–H and O–H groups in total. The maximum atomic E-state index is 11.3. The highest BCUT2D eigenvalue weighted by molar-refractivity contribution is 9.10. The Morgan fingerprint density at radius 3 is 2.83 bits per heavy atom. The second-order valence-corrected chi connectivity index (χ2v) is 4.79. The second kappa shape index (κ2) is 4.38. The van der Waals surface area contributed by atoms with E-state index in [0.717, 1.165) is 32.9 Å². The minimum atomic E-state index is 0.666. The van der Waals surface area contributed by atoms with E-state index in [1.165, 1.54) is 0 Å². The van der Waals surface area contributed by atoms with Gasteiger partial charge in [-0.1, -0.05) is 12.1 Å². The van der Waals surface area contributed by atoms with Crippen LogP contribution in [0.25, 0.3) is 22.2 Å². The van der Waals surface area contributed by atoms with Gasteiger partial charge >= 0.3 is 0 Å². The number of aromatic nitrogens is 2. The molecule has 2 heterocycles. The van der Waals surface area contributed by atoms with E-state index in [-0.39, 0.29) is 0 Å². The van der Waals surface area contributed by atoms with E-state index in [0.29, 0.717) is 5.56 Å². The van der Waals surface area contributed by atoms with Gasteiger partial charge in [0.15, 0.2) is 6.29 Å². The van der Waals surface area contributed by atoms with Gasteiger partial charge in [-0.25, -0.2) is 0 Å². The molecular formula is C14H9BrN2O. The van der Waals surface area contributed by atoms with Gasteiger partial charge in [0, 0.05) is 33.4 Å². The van der Waals surface area contributed by atoms with Crippen molar-refractivity contribution in [3.8, 4) is 11.3 Å². The molecule has 0 unspecified atom stereocenters. The van der Waals surface area contributed by atoms with Crippen LogP contribution < -0.4 is 0 Å². The fourth-order valence-corrected chi connectivity index (χ4v) is 2.53. The molecule has 88 valence electrons. The quantitative estimate of drug-likeness (QED) is 0.732. The molecule has 0 atom stereocenters. The number of carbonyl (C=O) groups is 1. The van der Waals surface area contributed by atoms with Crippen LogP contribution in [0.2, 0.25) is 0 Å². The van der Waals surface area contributed by atoms with Crippen LogP contribution in [0.1, 0.15) is 10.4 Å². The standard InChI is InChI=1S/C14H9BrN2O/c15-12-5-1-4-10-11(8-18)13(17-14(10)12)9-3-2-6-16-7-9/h1-8,17H. The number of aromatic amines is 1. The molecule has 0 aliphatic rings. The Morgan fingerprint density at radius 2 is 2.11 bits per heavy atom. The lowest BCUT2D eigenvalue weighted by Crippen LogP contribution is -1.84. The van der Waals surface area contributed by atoms with E-state index in [9.17, 15) is 4.79 Å². The van der Waals surface area contributed by atoms with Gasteiger partial charge < -0.3 is 4.98 Å². The highest BCUT2D eigenvalue weighted by Gasteiger charge is 2.13. The molecule has 0 spiro atoms. The Kier molecular flexibility index (Phi) is 2.72. The van der Waals surface area contributed by atoms with Crippen molar-refractivity contribution in [2.24, 2.45) is 0 Å². The van der Waals surface area contributed by atoms with Gasteiger partial charge in [-0.2, -0.15) is 0 Å². The summed E-state index contributed by atoms with van der Waals surface area (Å²) in [5, 5.41) is 0.915. The van der Waals surface area contributed by atoms with Crippen LogP contribution in [-0.2, 0) is 0 Å². The summed E-state index contributed by atoms with van der Waals surface area (Å²) in [5.41, 5.74) is 3.31. The minimum Gasteiger partial charge on any atom is -0.353 e. The van der Waals surface area contributed by atoms with E-state index in [1.54, 1.807) is 12.4 Å². The predicted octanol–water partition coefficient (Wildman–Crippen LogP) is 3.80. The summed E-state index contributed by atoms with van der Waals surface area (Å²) in [6.07, 6.45) is 4.34. The number of pyridine rings is 1. The second-order valence-electron chi connectivity index (χ2n) is 3.94. The molecule has 4 heteroatoms. The third-order valence-electron chi connectivity index (χ3n) is 2.89. The summed E-state index contributed by atoms with van der Waals surface area (Å²) >= 11 is 3.48. The maximum absolute atomic E-state index is 11.3. The van der Waals surface area contributed by atoms with Crippen LogP contribution in [-0.4, -0.2) is 16.3 Å². The molecule has 0 radical (unpaired) electrons. The molecule has 3 nitrogen and oxygen atoms in total. The third-order valence-corrected chi connectivity index (χ3v) is 3.55. The Morgan fingerprint density at radius 1 is 1.22 bits per heavy atom. The number of H-pyrrole nitrogens is 1. The predicted molar refractivity (Wildman–Crippen MR) is 74.6 cm³/mol. The van der Waals surface area contributed by atoms with Gasteiger partial charge in [0.2, 0.25) is 0 Å². The average molecular weight is 301 g/mol. The number of aldehydes is 1. The molecule has 0 aliphatic carbocycles. The molecular weight excluding hydrogens is 292 g/mol. The maximum Gasteiger partial charge on any atom is 0.152 e. The molecule has 3 rings (SSSR count). The van der Waals surface area contributed by atoms with Crippen molar-refractivity contribution in [1.29, 1.82) is 0 Å². The fraction of sp³-hybridized carbons (Fsp3) is 0. The van der Waals surface area contributed by atoms with Gasteiger partial charge in [-0.3, -0.25) is 9.78 Å². The number of nitrogens with zero attached hydrogens (tertiary/aromatic N) is 1. The first-order valence-electron chi connectivity index (χ1n) is 5.47. The molecule has 0 saturated carbocycles. The zero-order valence-electron chi connectivity index (χ0n) is 9.35. The van der Waals surface area contributed by atoms with Crippen LogP contribution in [0.15, 0.2) is 47.2 Å². The van der Waals surface area contributed by atoms with Gasteiger partial charge in [0.05, 0.1) is 11.2 Å². The number of hydrogen-bond acceptors (Lipinski definition) is 2. The smallest absolute Gasteiger partial charge is 0.152 e. The van der Waals surface area contributed by atoms with Crippen LogP contribution in [0.3, 0.4) is 0 Å². The van der Waals surface area contributed by atoms with Crippen molar-refractivity contribution in [3.05, 3.63) is 52.8 Å². The van der Waals surface area contributed by atoms with Crippen LogP contribution in [0.4, 0.5) is 0 Å². The van der Waals surface area contributed by atoms with Crippen molar-refractivity contribution < 1.29 is 4.79 Å². The van der Waals surface area contributed by atoms with Crippen LogP contribution in [0.5, 0.6) is 0 Å². The average Bonchev–Trinajstić information content (AvgIpc) is 2.80. The number of benzene rings is 1. The van der Waals surface area contributed by atoms with Gasteiger partial charge in [0.1, 0.15) is 0 Å². The zero-order chi connectivity index (χ0) is 12.5. The lowest BCUT2D eigenvalue weighted by atomic mass is 10.1. The summed E-state index contributed by atoms with van der Waals surface area (Å²) in [5.74, 6) is 0. The molecule has 2 aromatic heterocycles. The van der Waals surface area contributed by atoms with Gasteiger partial charge in [-0.05, 0) is 34.1 Å². The largest absolute Gasteiger partial charge is 0.353 e. The summed E-state index contributed by atoms with van der Waals surface area (Å²) in [6.45, 7) is 0. The first kappa shape index (κ1) is 11.2. The highest BCUT2D eigenvalue weighted by Crippen LogP contribution is 2.32. The Bertz CT molecular complexity index is 719. The molecule has 1 aromatic carbocycles.